The van der Waals surface area contributed by atoms with Crippen molar-refractivity contribution in [1.82, 2.24) is 15.1 Å². The number of carbonyl (C=O) groups excluding carboxylic acids is 1. The minimum Gasteiger partial charge on any atom is -0.481 e. The summed E-state index contributed by atoms with van der Waals surface area (Å²) >= 11 is 0. The van der Waals surface area contributed by atoms with E-state index in [0.717, 1.165) is 13.0 Å². The Labute approximate surface area is 109 Å². The molecule has 0 aliphatic rings. The molecule has 6 heteroatoms. The average Bonchev–Trinajstić information content (AvgIpc) is 2.30. The lowest BCUT2D eigenvalue weighted by Gasteiger charge is -2.21. The smallest absolute Gasteiger partial charge is 0.317 e. The maximum atomic E-state index is 11.7. The first-order chi connectivity index (χ1) is 8.36. The second-order valence-electron chi connectivity index (χ2n) is 4.78. The molecule has 0 spiro atoms. The summed E-state index contributed by atoms with van der Waals surface area (Å²) in [4.78, 5) is 25.9. The number of urea groups is 1. The topological polar surface area (TPSA) is 72.9 Å². The highest BCUT2D eigenvalue weighted by Gasteiger charge is 2.14. The molecule has 0 heterocycles. The number of rotatable bonds is 8. The highest BCUT2D eigenvalue weighted by Crippen LogP contribution is 2.06. The number of nitrogens with zero attached hydrogens (tertiary/aromatic N) is 2. The summed E-state index contributed by atoms with van der Waals surface area (Å²) in [6.07, 6.45) is 0.839. The van der Waals surface area contributed by atoms with E-state index in [-0.39, 0.29) is 18.4 Å². The zero-order chi connectivity index (χ0) is 14.1. The van der Waals surface area contributed by atoms with E-state index in [1.54, 1.807) is 11.9 Å². The van der Waals surface area contributed by atoms with E-state index in [1.807, 2.05) is 25.9 Å². The number of carboxylic acid groups (broad SMARTS) is 1. The van der Waals surface area contributed by atoms with Crippen molar-refractivity contribution in [3.8, 4) is 0 Å². The Kier molecular flexibility index (Phi) is 8.11. The molecule has 0 aromatic rings. The van der Waals surface area contributed by atoms with Crippen LogP contribution in [0.5, 0.6) is 0 Å². The third kappa shape index (κ3) is 7.89. The van der Waals surface area contributed by atoms with Crippen LogP contribution in [0.2, 0.25) is 0 Å². The van der Waals surface area contributed by atoms with E-state index >= 15 is 0 Å². The molecule has 1 atom stereocenters. The van der Waals surface area contributed by atoms with Crippen LogP contribution in [0, 0.1) is 5.92 Å². The van der Waals surface area contributed by atoms with Crippen molar-refractivity contribution in [2.75, 3.05) is 40.8 Å². The summed E-state index contributed by atoms with van der Waals surface area (Å²) < 4.78 is 0. The van der Waals surface area contributed by atoms with E-state index in [1.165, 1.54) is 0 Å². The van der Waals surface area contributed by atoms with Gasteiger partial charge in [0.05, 0.1) is 0 Å². The zero-order valence-electron chi connectivity index (χ0n) is 11.8. The molecule has 1 unspecified atom stereocenters. The molecule has 0 aromatic carbocycles. The molecule has 106 valence electrons. The lowest BCUT2D eigenvalue weighted by molar-refractivity contribution is -0.138. The van der Waals surface area contributed by atoms with E-state index in [9.17, 15) is 9.59 Å². The molecule has 0 radical (unpaired) electrons. The lowest BCUT2D eigenvalue weighted by atomic mass is 10.0. The summed E-state index contributed by atoms with van der Waals surface area (Å²) in [6, 6.07) is -0.152. The average molecular weight is 259 g/mol. The Hall–Kier alpha value is -1.30. The molecule has 0 rings (SSSR count). The number of carboxylic acids is 1. The number of hydrogen-bond donors (Lipinski definition) is 2. The number of aliphatic carboxylic acids is 1. The normalized spacial score (nSPS) is 12.3. The van der Waals surface area contributed by atoms with Gasteiger partial charge in [-0.15, -0.1) is 0 Å². The number of likely N-dealkylation sites (N-methyl/N-ethyl adjacent to an activating group) is 2. The Morgan fingerprint density at radius 1 is 1.22 bits per heavy atom. The molecule has 0 fully saturated rings. The largest absolute Gasteiger partial charge is 0.481 e. The van der Waals surface area contributed by atoms with Gasteiger partial charge in [-0.25, -0.2) is 4.79 Å². The van der Waals surface area contributed by atoms with Gasteiger partial charge in [0.25, 0.3) is 0 Å². The van der Waals surface area contributed by atoms with Crippen LogP contribution in [-0.2, 0) is 4.79 Å². The molecule has 2 N–H and O–H groups in total. The molecule has 18 heavy (non-hydrogen) atoms. The molecular weight excluding hydrogens is 234 g/mol. The maximum absolute atomic E-state index is 11.7. The molecule has 2 amide bonds. The summed E-state index contributed by atoms with van der Waals surface area (Å²) in [5.74, 6) is -0.828. The highest BCUT2D eigenvalue weighted by atomic mass is 16.4. The van der Waals surface area contributed by atoms with Crippen LogP contribution in [0.25, 0.3) is 0 Å². The predicted octanol–water partition coefficient (Wildman–Crippen LogP) is 0.690. The van der Waals surface area contributed by atoms with E-state index in [2.05, 4.69) is 5.32 Å². The molecule has 0 bridgehead atoms. The Bertz CT molecular complexity index is 269. The third-order valence-electron chi connectivity index (χ3n) is 2.81. The molecule has 0 aromatic heterocycles. The van der Waals surface area contributed by atoms with Crippen molar-refractivity contribution in [2.24, 2.45) is 5.92 Å². The third-order valence-corrected chi connectivity index (χ3v) is 2.81. The van der Waals surface area contributed by atoms with Crippen LogP contribution in [-0.4, -0.2) is 67.7 Å². The van der Waals surface area contributed by atoms with Crippen molar-refractivity contribution in [3.05, 3.63) is 0 Å². The van der Waals surface area contributed by atoms with E-state index < -0.39 is 5.97 Å². The van der Waals surface area contributed by atoms with Crippen molar-refractivity contribution >= 4 is 12.0 Å². The first-order valence-electron chi connectivity index (χ1n) is 6.22. The van der Waals surface area contributed by atoms with Gasteiger partial charge in [0.2, 0.25) is 0 Å². The van der Waals surface area contributed by atoms with Crippen LogP contribution in [0.1, 0.15) is 19.8 Å². The maximum Gasteiger partial charge on any atom is 0.317 e. The quantitative estimate of drug-likeness (QED) is 0.672. The highest BCUT2D eigenvalue weighted by molar-refractivity contribution is 5.74. The Morgan fingerprint density at radius 3 is 2.28 bits per heavy atom. The van der Waals surface area contributed by atoms with Crippen LogP contribution in [0.3, 0.4) is 0 Å². The van der Waals surface area contributed by atoms with Crippen molar-refractivity contribution in [3.63, 3.8) is 0 Å². The molecule has 0 saturated heterocycles. The first-order valence-corrected chi connectivity index (χ1v) is 6.22. The fourth-order valence-electron chi connectivity index (χ4n) is 1.43. The van der Waals surface area contributed by atoms with E-state index in [0.29, 0.717) is 13.1 Å². The minimum absolute atomic E-state index is 0.00583. The zero-order valence-corrected chi connectivity index (χ0v) is 11.8. The van der Waals surface area contributed by atoms with Gasteiger partial charge in [0, 0.05) is 33.1 Å². The fraction of sp³-hybridized carbons (Fsp3) is 0.833. The molecule has 0 saturated carbocycles. The van der Waals surface area contributed by atoms with Crippen LogP contribution in [0.4, 0.5) is 4.79 Å². The monoisotopic (exact) mass is 259 g/mol. The molecule has 6 nitrogen and oxygen atoms in total. The summed E-state index contributed by atoms with van der Waals surface area (Å²) in [6.45, 7) is 3.79. The van der Waals surface area contributed by atoms with Crippen molar-refractivity contribution in [2.45, 2.75) is 19.8 Å². The van der Waals surface area contributed by atoms with Crippen LogP contribution >= 0.6 is 0 Å². The molecular formula is C12H25N3O3. The summed E-state index contributed by atoms with van der Waals surface area (Å²) in [5, 5.41) is 11.5. The minimum atomic E-state index is -0.822. The molecule has 0 aliphatic heterocycles. The van der Waals surface area contributed by atoms with Gasteiger partial charge in [-0.1, -0.05) is 13.3 Å². The van der Waals surface area contributed by atoms with Gasteiger partial charge < -0.3 is 20.2 Å². The van der Waals surface area contributed by atoms with Crippen LogP contribution in [0.15, 0.2) is 0 Å². The van der Waals surface area contributed by atoms with Gasteiger partial charge >= 0.3 is 12.0 Å². The lowest BCUT2D eigenvalue weighted by Crippen LogP contribution is -2.42. The second-order valence-corrected chi connectivity index (χ2v) is 4.78. The summed E-state index contributed by atoms with van der Waals surface area (Å²) in [5.41, 5.74) is 0. The second kappa shape index (κ2) is 8.74. The number of carbonyl (C=O) groups is 2. The number of amides is 2. The van der Waals surface area contributed by atoms with Crippen molar-refractivity contribution < 1.29 is 14.7 Å². The number of hydrogen-bond acceptors (Lipinski definition) is 3. The van der Waals surface area contributed by atoms with E-state index in [4.69, 9.17) is 5.11 Å². The SMILES string of the molecule is CCC(CNC(=O)N(C)CCN(C)C)CC(=O)O. The molecule has 0 aliphatic carbocycles. The Balaban J connectivity index is 3.95. The van der Waals surface area contributed by atoms with Gasteiger partial charge in [-0.05, 0) is 20.0 Å². The first kappa shape index (κ1) is 16.7. The van der Waals surface area contributed by atoms with Gasteiger partial charge in [-0.2, -0.15) is 0 Å². The standard InChI is InChI=1S/C12H25N3O3/c1-5-10(8-11(16)17)9-13-12(18)15(4)7-6-14(2)3/h10H,5-9H2,1-4H3,(H,13,18)(H,16,17). The summed E-state index contributed by atoms with van der Waals surface area (Å²) in [7, 11) is 5.63. The van der Waals surface area contributed by atoms with Gasteiger partial charge in [0.15, 0.2) is 0 Å². The van der Waals surface area contributed by atoms with Gasteiger partial charge in [0.1, 0.15) is 0 Å². The van der Waals surface area contributed by atoms with Crippen LogP contribution < -0.4 is 5.32 Å². The number of nitrogens with one attached hydrogen (secondary N) is 1. The van der Waals surface area contributed by atoms with Gasteiger partial charge in [-0.3, -0.25) is 4.79 Å². The fourth-order valence-corrected chi connectivity index (χ4v) is 1.43. The Morgan fingerprint density at radius 2 is 1.83 bits per heavy atom. The predicted molar refractivity (Wildman–Crippen MR) is 70.6 cm³/mol. The van der Waals surface area contributed by atoms with Crippen molar-refractivity contribution in [1.29, 1.82) is 0 Å².